The number of carbonyl (C=O) groups excluding carboxylic acids is 4. The van der Waals surface area contributed by atoms with Crippen LogP contribution in [0.15, 0.2) is 115 Å². The molecule has 46 heavy (non-hydrogen) atoms. The Labute approximate surface area is 272 Å². The molecule has 2 aliphatic heterocycles. The summed E-state index contributed by atoms with van der Waals surface area (Å²) < 4.78 is 10.8. The minimum Gasteiger partial charge on any atom is -0.444 e. The molecule has 0 aromatic heterocycles. The number of aldehydes is 1. The van der Waals surface area contributed by atoms with E-state index in [0.717, 1.165) is 17.4 Å². The molecule has 6 rings (SSSR count). The lowest BCUT2D eigenvalue weighted by Crippen LogP contribution is -2.32. The average molecular weight is 637 g/mol. The maximum absolute atomic E-state index is 12.5. The molecule has 8 nitrogen and oxygen atoms in total. The van der Waals surface area contributed by atoms with Gasteiger partial charge in [0.25, 0.3) is 0 Å². The van der Waals surface area contributed by atoms with Gasteiger partial charge in [-0.2, -0.15) is 0 Å². The fourth-order valence-electron chi connectivity index (χ4n) is 5.21. The third kappa shape index (κ3) is 7.89. The lowest BCUT2D eigenvalue weighted by atomic mass is 10.1. The molecule has 0 radical (unpaired) electrons. The van der Waals surface area contributed by atoms with Gasteiger partial charge in [0, 0.05) is 36.2 Å². The number of nitrogens with zero attached hydrogens (tertiary/aromatic N) is 2. The van der Waals surface area contributed by atoms with Crippen LogP contribution in [0.5, 0.6) is 0 Å². The van der Waals surface area contributed by atoms with Gasteiger partial charge in [-0.05, 0) is 42.2 Å². The minimum absolute atomic E-state index is 0.0777. The van der Waals surface area contributed by atoms with Crippen LogP contribution < -0.4 is 9.80 Å². The molecule has 0 spiro atoms. The first-order valence-electron chi connectivity index (χ1n) is 15.0. The number of hydrogen-bond acceptors (Lipinski definition) is 6. The predicted octanol–water partition coefficient (Wildman–Crippen LogP) is 8.19. The summed E-state index contributed by atoms with van der Waals surface area (Å²) in [7, 11) is 0. The Bertz CT molecular complexity index is 1720. The van der Waals surface area contributed by atoms with Gasteiger partial charge in [0.2, 0.25) is 0 Å². The molecule has 0 unspecified atom stereocenters. The van der Waals surface area contributed by atoms with Crippen molar-refractivity contribution in [2.24, 2.45) is 0 Å². The Kier molecular flexibility index (Phi) is 11.0. The number of carbonyl (C=O) groups is 4. The largest absolute Gasteiger partial charge is 0.444 e. The molecule has 0 saturated heterocycles. The molecule has 2 heterocycles. The number of rotatable bonds is 5. The van der Waals surface area contributed by atoms with Gasteiger partial charge in [-0.25, -0.2) is 9.59 Å². The number of amides is 2. The molecule has 4 aromatic carbocycles. The molecular formula is C37H33ClN2O6. The number of benzene rings is 4. The van der Waals surface area contributed by atoms with E-state index in [0.29, 0.717) is 65.5 Å². The second-order valence-electron chi connectivity index (χ2n) is 10.7. The molecule has 0 bridgehead atoms. The number of fused-ring (bicyclic) bond motifs is 2. The highest BCUT2D eigenvalue weighted by atomic mass is 35.5. The van der Waals surface area contributed by atoms with E-state index in [1.165, 1.54) is 4.90 Å². The molecule has 0 atom stereocenters. The zero-order valence-corrected chi connectivity index (χ0v) is 25.9. The van der Waals surface area contributed by atoms with Gasteiger partial charge in [0.15, 0.2) is 5.78 Å². The van der Waals surface area contributed by atoms with Crippen LogP contribution in [0.4, 0.5) is 21.0 Å². The predicted molar refractivity (Wildman–Crippen MR) is 178 cm³/mol. The van der Waals surface area contributed by atoms with Crippen molar-refractivity contribution in [2.75, 3.05) is 22.9 Å². The highest BCUT2D eigenvalue weighted by Crippen LogP contribution is 2.36. The first-order valence-corrected chi connectivity index (χ1v) is 15.4. The maximum Gasteiger partial charge on any atom is 0.414 e. The fraction of sp³-hybridized carbons (Fsp3) is 0.189. The zero-order valence-electron chi connectivity index (χ0n) is 25.1. The van der Waals surface area contributed by atoms with Crippen LogP contribution in [-0.4, -0.2) is 37.3 Å². The van der Waals surface area contributed by atoms with Crippen LogP contribution in [-0.2, 0) is 27.5 Å². The number of ketones is 1. The summed E-state index contributed by atoms with van der Waals surface area (Å²) in [6.07, 6.45) is 1.37. The standard InChI is InChI=1S/C19H16ClNO3.C18H17NO3/c20-18-15(12-22)10-11-21(17-9-5-4-8-16(17)18)19(23)24-13-14-6-2-1-3-7-14;20-17-11-6-12-19(16-10-5-4-9-15(16)17)18(21)22-13-14-7-2-1-3-8-14/h1-9,12H,10-11,13H2;1-5,7-10H,6,11-13H2. The zero-order chi connectivity index (χ0) is 32.3. The van der Waals surface area contributed by atoms with Crippen molar-refractivity contribution >= 4 is 52.3 Å². The van der Waals surface area contributed by atoms with Crippen molar-refractivity contribution in [3.63, 3.8) is 0 Å². The van der Waals surface area contributed by atoms with E-state index in [4.69, 9.17) is 21.1 Å². The number of ether oxygens (including phenoxy) is 2. The Morgan fingerprint density at radius 2 is 1.13 bits per heavy atom. The average Bonchev–Trinajstić information content (AvgIpc) is 3.36. The van der Waals surface area contributed by atoms with Crippen LogP contribution in [0.2, 0.25) is 0 Å². The summed E-state index contributed by atoms with van der Waals surface area (Å²) >= 11 is 6.33. The van der Waals surface area contributed by atoms with Crippen LogP contribution in [0.3, 0.4) is 0 Å². The van der Waals surface area contributed by atoms with Crippen LogP contribution in [0, 0.1) is 0 Å². The lowest BCUT2D eigenvalue weighted by molar-refractivity contribution is -0.105. The van der Waals surface area contributed by atoms with Crippen molar-refractivity contribution in [2.45, 2.75) is 32.5 Å². The Balaban J connectivity index is 0.000000182. The molecule has 234 valence electrons. The van der Waals surface area contributed by atoms with Gasteiger partial charge >= 0.3 is 12.2 Å². The fourth-order valence-corrected chi connectivity index (χ4v) is 5.51. The molecule has 0 aliphatic carbocycles. The van der Waals surface area contributed by atoms with E-state index in [9.17, 15) is 19.2 Å². The number of hydrogen-bond donors (Lipinski definition) is 0. The van der Waals surface area contributed by atoms with E-state index in [1.807, 2.05) is 84.9 Å². The molecule has 0 fully saturated rings. The monoisotopic (exact) mass is 636 g/mol. The van der Waals surface area contributed by atoms with Gasteiger partial charge in [0.05, 0.1) is 16.4 Å². The van der Waals surface area contributed by atoms with Gasteiger partial charge in [-0.3, -0.25) is 19.4 Å². The molecule has 0 saturated carbocycles. The van der Waals surface area contributed by atoms with Crippen molar-refractivity contribution in [3.05, 3.63) is 137 Å². The van der Waals surface area contributed by atoms with E-state index >= 15 is 0 Å². The SMILES string of the molecule is O=C1CCCN(C(=O)OCc2ccccc2)c2ccccc21.O=CC1=C(Cl)c2ccccc2N(C(=O)OCc2ccccc2)CC1. The normalized spacial score (nSPS) is 14.1. The van der Waals surface area contributed by atoms with Gasteiger partial charge < -0.3 is 9.47 Å². The van der Waals surface area contributed by atoms with E-state index in [-0.39, 0.29) is 19.0 Å². The number of Topliss-reactive ketones (excluding diaryl/α,β-unsaturated/α-hetero) is 1. The third-order valence-corrected chi connectivity index (χ3v) is 8.04. The molecule has 4 aromatic rings. The Morgan fingerprint density at radius 1 is 0.652 bits per heavy atom. The third-order valence-electron chi connectivity index (χ3n) is 7.59. The topological polar surface area (TPSA) is 93.2 Å². The van der Waals surface area contributed by atoms with E-state index in [2.05, 4.69) is 0 Å². The first-order chi connectivity index (χ1) is 22.5. The molecule has 2 amide bonds. The van der Waals surface area contributed by atoms with E-state index < -0.39 is 12.2 Å². The second-order valence-corrected chi connectivity index (χ2v) is 11.0. The van der Waals surface area contributed by atoms with Crippen LogP contribution >= 0.6 is 11.6 Å². The van der Waals surface area contributed by atoms with Gasteiger partial charge in [0.1, 0.15) is 19.5 Å². The van der Waals surface area contributed by atoms with Gasteiger partial charge in [-0.1, -0.05) is 103 Å². The van der Waals surface area contributed by atoms with Crippen molar-refractivity contribution < 1.29 is 28.7 Å². The molecule has 2 aliphatic rings. The van der Waals surface area contributed by atoms with Crippen molar-refractivity contribution in [1.29, 1.82) is 0 Å². The summed E-state index contributed by atoms with van der Waals surface area (Å²) in [6.45, 7) is 1.26. The van der Waals surface area contributed by atoms with E-state index in [1.54, 1.807) is 29.2 Å². The molecular weight excluding hydrogens is 604 g/mol. The first kappa shape index (κ1) is 32.2. The number of anilines is 2. The smallest absolute Gasteiger partial charge is 0.414 e. The summed E-state index contributed by atoms with van der Waals surface area (Å²) in [5.41, 5.74) is 4.89. The second kappa shape index (κ2) is 15.7. The van der Waals surface area contributed by atoms with Crippen LogP contribution in [0.25, 0.3) is 5.03 Å². The maximum atomic E-state index is 12.5. The number of halogens is 1. The summed E-state index contributed by atoms with van der Waals surface area (Å²) in [5, 5.41) is 0.388. The highest BCUT2D eigenvalue weighted by molar-refractivity contribution is 6.51. The van der Waals surface area contributed by atoms with Gasteiger partial charge in [-0.15, -0.1) is 0 Å². The van der Waals surface area contributed by atoms with Crippen molar-refractivity contribution in [1.82, 2.24) is 0 Å². The molecule has 0 N–H and O–H groups in total. The van der Waals surface area contributed by atoms with Crippen LogP contribution in [0.1, 0.15) is 46.3 Å². The number of para-hydroxylation sites is 2. The Morgan fingerprint density at radius 3 is 1.70 bits per heavy atom. The minimum atomic E-state index is -0.456. The lowest BCUT2D eigenvalue weighted by Gasteiger charge is -2.22. The highest BCUT2D eigenvalue weighted by Gasteiger charge is 2.27. The summed E-state index contributed by atoms with van der Waals surface area (Å²) in [6, 6.07) is 33.5. The Hall–Kier alpha value is -5.21. The summed E-state index contributed by atoms with van der Waals surface area (Å²) in [5.74, 6) is 0.0777. The summed E-state index contributed by atoms with van der Waals surface area (Å²) in [4.78, 5) is 51.3. The van der Waals surface area contributed by atoms with Crippen molar-refractivity contribution in [3.8, 4) is 0 Å². The molecule has 9 heteroatoms. The quantitative estimate of drug-likeness (QED) is 0.205.